The summed E-state index contributed by atoms with van der Waals surface area (Å²) in [5.74, 6) is 1.22. The first kappa shape index (κ1) is 42.6. The van der Waals surface area contributed by atoms with Gasteiger partial charge >= 0.3 is 12.1 Å². The van der Waals surface area contributed by atoms with Crippen LogP contribution in [0.3, 0.4) is 0 Å². The number of likely N-dealkylation sites (tertiary alicyclic amines) is 1. The lowest BCUT2D eigenvalue weighted by atomic mass is 9.90. The number of halogens is 4. The molecule has 0 spiro atoms. The number of methoxy groups -OCH3 is 1. The molecular formula is C36H47ClF3N5O4S. The number of nitrogens with zero attached hydrogens (tertiary/aromatic N) is 3. The predicted octanol–water partition coefficient (Wildman–Crippen LogP) is 8.35. The van der Waals surface area contributed by atoms with Crippen LogP contribution in [0.4, 0.5) is 19.0 Å². The van der Waals surface area contributed by atoms with E-state index in [1.54, 1.807) is 6.07 Å². The van der Waals surface area contributed by atoms with Crippen molar-refractivity contribution in [2.24, 2.45) is 5.92 Å². The van der Waals surface area contributed by atoms with E-state index in [4.69, 9.17) is 26.1 Å². The van der Waals surface area contributed by atoms with Crippen LogP contribution in [0, 0.1) is 5.92 Å². The van der Waals surface area contributed by atoms with Crippen molar-refractivity contribution >= 4 is 47.9 Å². The fourth-order valence-corrected chi connectivity index (χ4v) is 5.93. The van der Waals surface area contributed by atoms with E-state index >= 15 is 0 Å². The van der Waals surface area contributed by atoms with E-state index in [9.17, 15) is 22.8 Å². The molecule has 1 aliphatic heterocycles. The van der Waals surface area contributed by atoms with Crippen molar-refractivity contribution in [2.45, 2.75) is 82.1 Å². The van der Waals surface area contributed by atoms with Crippen molar-refractivity contribution in [2.75, 3.05) is 33.1 Å². The van der Waals surface area contributed by atoms with Crippen molar-refractivity contribution < 1.29 is 32.3 Å². The Labute approximate surface area is 302 Å². The maximum Gasteiger partial charge on any atom is 0.446 e. The number of pyridine rings is 2. The van der Waals surface area contributed by atoms with E-state index in [0.717, 1.165) is 41.5 Å². The standard InChI is InChI=1S/C24H34N4O2S.C10H12ClNO.C2HF3O/c1-24(2)15-17(16-28(24)4)9-14-20(18-10-12-19(13-11-18)23(29)30-5)26-21-7-6-8-22(27-21)31-25-3;1-10(2,3)8-5-4-7(6-13)9(11)12-8;3-2(4,5)1-6/h6-8,10-13,17,20,25H,9,14-16H2,1-5H3,(H,26,27);4-6H,1-3H3;1H. The molecule has 1 aliphatic rings. The van der Waals surface area contributed by atoms with E-state index < -0.39 is 12.5 Å². The Hall–Kier alpha value is -3.52. The maximum absolute atomic E-state index is 11.8. The van der Waals surface area contributed by atoms with Gasteiger partial charge in [-0.25, -0.2) is 14.8 Å². The minimum absolute atomic E-state index is 0.0367. The van der Waals surface area contributed by atoms with Gasteiger partial charge in [0.05, 0.1) is 24.3 Å². The van der Waals surface area contributed by atoms with Gasteiger partial charge in [0, 0.05) is 23.2 Å². The minimum atomic E-state index is -4.64. The third-order valence-corrected chi connectivity index (χ3v) is 9.05. The molecule has 1 saturated heterocycles. The van der Waals surface area contributed by atoms with Gasteiger partial charge in [-0.2, -0.15) is 13.2 Å². The van der Waals surface area contributed by atoms with E-state index in [2.05, 4.69) is 40.8 Å². The number of ether oxygens (including phenoxy) is 1. The number of carbonyl (C=O) groups is 3. The molecule has 0 saturated carbocycles. The highest BCUT2D eigenvalue weighted by atomic mass is 35.5. The van der Waals surface area contributed by atoms with Gasteiger partial charge in [0.2, 0.25) is 6.29 Å². The van der Waals surface area contributed by atoms with Gasteiger partial charge < -0.3 is 15.0 Å². The van der Waals surface area contributed by atoms with Crippen LogP contribution in [0.25, 0.3) is 0 Å². The van der Waals surface area contributed by atoms with E-state index in [0.29, 0.717) is 23.3 Å². The third kappa shape index (κ3) is 14.0. The second-order valence-corrected chi connectivity index (χ2v) is 14.8. The van der Waals surface area contributed by atoms with E-state index in [1.807, 2.05) is 76.3 Å². The van der Waals surface area contributed by atoms with Gasteiger partial charge in [-0.1, -0.05) is 50.6 Å². The van der Waals surface area contributed by atoms with Crippen LogP contribution in [0.15, 0.2) is 59.6 Å². The van der Waals surface area contributed by atoms with Crippen LogP contribution < -0.4 is 10.0 Å². The summed E-state index contributed by atoms with van der Waals surface area (Å²) in [5, 5.41) is 4.83. The van der Waals surface area contributed by atoms with Crippen LogP contribution in [-0.4, -0.2) is 72.9 Å². The first-order valence-corrected chi connectivity index (χ1v) is 17.1. The topological polar surface area (TPSA) is 114 Å². The van der Waals surface area contributed by atoms with Gasteiger partial charge in [-0.3, -0.25) is 14.3 Å². The van der Waals surface area contributed by atoms with Crippen molar-refractivity contribution in [3.63, 3.8) is 0 Å². The SMILES string of the molecule is CC(C)(C)c1ccc(C=O)c(Cl)n1.CNSc1cccc(NC(CCC2CN(C)C(C)(C)C2)c2ccc(C(=O)OC)cc2)n1.O=CC(F)(F)F. The first-order chi connectivity index (χ1) is 23.3. The van der Waals surface area contributed by atoms with Gasteiger partial charge in [0.25, 0.3) is 0 Å². The molecule has 1 aromatic carbocycles. The smallest absolute Gasteiger partial charge is 0.446 e. The normalized spacial score (nSPS) is 16.2. The van der Waals surface area contributed by atoms with Crippen LogP contribution in [0.5, 0.6) is 0 Å². The number of benzene rings is 1. The molecule has 3 heterocycles. The number of esters is 1. The highest BCUT2D eigenvalue weighted by Gasteiger charge is 2.35. The molecule has 274 valence electrons. The minimum Gasteiger partial charge on any atom is -0.465 e. The lowest BCUT2D eigenvalue weighted by Gasteiger charge is -2.26. The molecule has 0 bridgehead atoms. The fraction of sp³-hybridized carbons (Fsp3) is 0.472. The van der Waals surface area contributed by atoms with Gasteiger partial charge in [-0.15, -0.1) is 0 Å². The monoisotopic (exact) mass is 737 g/mol. The molecule has 4 rings (SSSR count). The van der Waals surface area contributed by atoms with Crippen molar-refractivity contribution in [3.8, 4) is 0 Å². The van der Waals surface area contributed by atoms with Crippen LogP contribution in [-0.2, 0) is 14.9 Å². The number of hydrogen-bond donors (Lipinski definition) is 2. The summed E-state index contributed by atoms with van der Waals surface area (Å²) >= 11 is 7.29. The molecular weight excluding hydrogens is 691 g/mol. The highest BCUT2D eigenvalue weighted by Crippen LogP contribution is 2.36. The zero-order chi connectivity index (χ0) is 37.7. The number of aromatic nitrogens is 2. The predicted molar refractivity (Wildman–Crippen MR) is 193 cm³/mol. The summed E-state index contributed by atoms with van der Waals surface area (Å²) in [6.07, 6.45) is -1.65. The van der Waals surface area contributed by atoms with Crippen molar-refractivity contribution in [3.05, 3.63) is 82.1 Å². The zero-order valence-corrected chi connectivity index (χ0v) is 31.3. The first-order valence-electron chi connectivity index (χ1n) is 16.0. The average molecular weight is 738 g/mol. The van der Waals surface area contributed by atoms with Crippen molar-refractivity contribution in [1.82, 2.24) is 19.6 Å². The number of aldehydes is 2. The second-order valence-electron chi connectivity index (χ2n) is 13.4. The Morgan fingerprint density at radius 3 is 2.22 bits per heavy atom. The van der Waals surface area contributed by atoms with Gasteiger partial charge in [-0.05, 0) is 107 Å². The van der Waals surface area contributed by atoms with E-state index in [-0.39, 0.29) is 28.1 Å². The second kappa shape index (κ2) is 19.2. The zero-order valence-electron chi connectivity index (χ0n) is 29.7. The summed E-state index contributed by atoms with van der Waals surface area (Å²) in [6, 6.07) is 17.3. The molecule has 50 heavy (non-hydrogen) atoms. The number of carbonyl (C=O) groups excluding carboxylic acids is 3. The molecule has 0 amide bonds. The number of rotatable bonds is 10. The van der Waals surface area contributed by atoms with Gasteiger partial charge in [0.15, 0.2) is 6.29 Å². The molecule has 14 heteroatoms. The summed E-state index contributed by atoms with van der Waals surface area (Å²) in [6.45, 7) is 11.9. The van der Waals surface area contributed by atoms with Crippen LogP contribution >= 0.6 is 23.5 Å². The summed E-state index contributed by atoms with van der Waals surface area (Å²) in [7, 11) is 5.51. The lowest BCUT2D eigenvalue weighted by Crippen LogP contribution is -2.34. The number of anilines is 1. The Morgan fingerprint density at radius 1 is 1.10 bits per heavy atom. The molecule has 1 fully saturated rings. The molecule has 2 unspecified atom stereocenters. The molecule has 3 aromatic rings. The number of nitrogens with one attached hydrogen (secondary N) is 2. The highest BCUT2D eigenvalue weighted by molar-refractivity contribution is 7.97. The molecule has 0 aliphatic carbocycles. The largest absolute Gasteiger partial charge is 0.465 e. The van der Waals surface area contributed by atoms with Gasteiger partial charge in [0.1, 0.15) is 16.0 Å². The molecule has 2 aromatic heterocycles. The number of alkyl halides is 3. The molecule has 2 atom stereocenters. The summed E-state index contributed by atoms with van der Waals surface area (Å²) in [4.78, 5) is 42.3. The molecule has 0 radical (unpaired) electrons. The lowest BCUT2D eigenvalue weighted by molar-refractivity contribution is -0.156. The quantitative estimate of drug-likeness (QED) is 0.0911. The molecule has 2 N–H and O–H groups in total. The van der Waals surface area contributed by atoms with E-state index in [1.165, 1.54) is 25.5 Å². The Balaban J connectivity index is 0.000000374. The molecule has 9 nitrogen and oxygen atoms in total. The average Bonchev–Trinajstić information content (AvgIpc) is 3.33. The van der Waals surface area contributed by atoms with Crippen molar-refractivity contribution in [1.29, 1.82) is 0 Å². The third-order valence-electron chi connectivity index (χ3n) is 8.11. The maximum atomic E-state index is 11.8. The summed E-state index contributed by atoms with van der Waals surface area (Å²) in [5.41, 5.74) is 3.26. The van der Waals surface area contributed by atoms with Crippen LogP contribution in [0.2, 0.25) is 5.15 Å². The summed E-state index contributed by atoms with van der Waals surface area (Å²) < 4.78 is 39.2. The fourth-order valence-electron chi connectivity index (χ4n) is 5.23. The number of hydrogen-bond acceptors (Lipinski definition) is 10. The van der Waals surface area contributed by atoms with Crippen LogP contribution in [0.1, 0.15) is 91.9 Å². The Bertz CT molecular complexity index is 1550. The Morgan fingerprint density at radius 2 is 1.74 bits per heavy atom. The Kier molecular flexibility index (Phi) is 16.4.